The molecule has 5 aliphatic rings. The number of carbonyl (C=O) groups excluding carboxylic acids is 2. The summed E-state index contributed by atoms with van der Waals surface area (Å²) in [4.78, 5) is 24.9. The third-order valence-electron chi connectivity index (χ3n) is 10.0. The number of hydrogen-bond donors (Lipinski definition) is 0. The van der Waals surface area contributed by atoms with Crippen molar-refractivity contribution in [2.45, 2.75) is 78.7 Å². The Hall–Kier alpha value is -1.29. The smallest absolute Gasteiger partial charge is 0.303 e. The molecule has 0 aliphatic heterocycles. The summed E-state index contributed by atoms with van der Waals surface area (Å²) < 4.78 is 11.9. The van der Waals surface area contributed by atoms with E-state index in [9.17, 15) is 9.59 Å². The first kappa shape index (κ1) is 21.6. The van der Waals surface area contributed by atoms with Gasteiger partial charge in [0.25, 0.3) is 0 Å². The topological polar surface area (TPSA) is 52.6 Å². The van der Waals surface area contributed by atoms with Crippen LogP contribution in [0.25, 0.3) is 0 Å². The van der Waals surface area contributed by atoms with E-state index in [1.807, 2.05) is 6.92 Å². The summed E-state index contributed by atoms with van der Waals surface area (Å²) in [5.41, 5.74) is 0.0793. The van der Waals surface area contributed by atoms with Crippen LogP contribution in [0.5, 0.6) is 0 Å². The lowest BCUT2D eigenvalue weighted by atomic mass is 9.47. The molecule has 4 nitrogen and oxygen atoms in total. The van der Waals surface area contributed by atoms with Crippen molar-refractivity contribution >= 4 is 23.4 Å². The maximum absolute atomic E-state index is 12.9. The Morgan fingerprint density at radius 2 is 1.84 bits per heavy atom. The summed E-state index contributed by atoms with van der Waals surface area (Å²) in [5, 5.41) is 0.975. The van der Waals surface area contributed by atoms with Gasteiger partial charge in [-0.3, -0.25) is 9.59 Å². The van der Waals surface area contributed by atoms with Gasteiger partial charge in [-0.25, -0.2) is 0 Å². The number of fused-ring (bicyclic) bond motifs is 7. The molecule has 0 aromatic heterocycles. The zero-order valence-corrected chi connectivity index (χ0v) is 20.2. The number of halogens is 1. The van der Waals surface area contributed by atoms with Crippen LogP contribution in [-0.4, -0.2) is 24.0 Å². The van der Waals surface area contributed by atoms with E-state index in [0.29, 0.717) is 42.6 Å². The second-order valence-electron chi connectivity index (χ2n) is 11.1. The van der Waals surface area contributed by atoms with Gasteiger partial charge in [0.15, 0.2) is 11.4 Å². The van der Waals surface area contributed by atoms with Crippen molar-refractivity contribution in [3.05, 3.63) is 22.4 Å². The summed E-state index contributed by atoms with van der Waals surface area (Å²) >= 11 is 7.03. The van der Waals surface area contributed by atoms with E-state index >= 15 is 0 Å². The summed E-state index contributed by atoms with van der Waals surface area (Å²) in [6, 6.07) is 0. The van der Waals surface area contributed by atoms with Gasteiger partial charge < -0.3 is 9.47 Å². The maximum atomic E-state index is 12.9. The average molecular weight is 447 g/mol. The minimum atomic E-state index is -0.984. The van der Waals surface area contributed by atoms with Crippen LogP contribution in [-0.2, 0) is 19.1 Å². The van der Waals surface area contributed by atoms with Crippen molar-refractivity contribution in [3.8, 4) is 0 Å². The van der Waals surface area contributed by atoms with Crippen molar-refractivity contribution in [3.63, 3.8) is 0 Å². The van der Waals surface area contributed by atoms with Crippen LogP contribution in [0.15, 0.2) is 22.4 Å². The van der Waals surface area contributed by atoms with Gasteiger partial charge in [0.1, 0.15) is 0 Å². The summed E-state index contributed by atoms with van der Waals surface area (Å²) in [5.74, 6) is 3.24. The fourth-order valence-electron chi connectivity index (χ4n) is 8.63. The third-order valence-corrected chi connectivity index (χ3v) is 10.4. The van der Waals surface area contributed by atoms with E-state index in [4.69, 9.17) is 21.1 Å². The van der Waals surface area contributed by atoms with Crippen LogP contribution in [0, 0.1) is 40.4 Å². The molecule has 5 rings (SSSR count). The number of Topliss-reactive ketones (excluding diaryl/α,β-unsaturated/α-hetero) is 1. The van der Waals surface area contributed by atoms with Crippen molar-refractivity contribution in [1.29, 1.82) is 0 Å². The lowest BCUT2D eigenvalue weighted by Gasteiger charge is -2.58. The highest BCUT2D eigenvalue weighted by Gasteiger charge is 2.70. The van der Waals surface area contributed by atoms with E-state index in [1.165, 1.54) is 18.9 Å². The Kier molecular flexibility index (Phi) is 4.77. The van der Waals surface area contributed by atoms with E-state index in [1.54, 1.807) is 6.92 Å². The second kappa shape index (κ2) is 6.85. The van der Waals surface area contributed by atoms with Crippen molar-refractivity contribution in [2.24, 2.45) is 40.4 Å². The number of hydrogen-bond acceptors (Lipinski definition) is 4. The SMILES string of the molecule is CCOC1=CC2=C(Cl)C[C@@H]3[C@@H](CC[C@@]4(C)[C@H]3CC[C@@]4(OC(C)=O)C(C)=O)[C@]2(C)C2CC12. The molecule has 3 saturated carbocycles. The fourth-order valence-corrected chi connectivity index (χ4v) is 9.07. The predicted molar refractivity (Wildman–Crippen MR) is 119 cm³/mol. The summed E-state index contributed by atoms with van der Waals surface area (Å²) in [7, 11) is 0. The van der Waals surface area contributed by atoms with Gasteiger partial charge in [-0.05, 0) is 87.7 Å². The number of carbonyl (C=O) groups is 2. The first-order valence-electron chi connectivity index (χ1n) is 12.0. The summed E-state index contributed by atoms with van der Waals surface area (Å²) in [6.45, 7) is 10.4. The van der Waals surface area contributed by atoms with E-state index in [2.05, 4.69) is 19.9 Å². The molecular formula is C26H35ClO4. The molecule has 31 heavy (non-hydrogen) atoms. The lowest BCUT2D eigenvalue weighted by molar-refractivity contribution is -0.186. The molecule has 5 aliphatic carbocycles. The van der Waals surface area contributed by atoms with Gasteiger partial charge in [0.2, 0.25) is 0 Å². The summed E-state index contributed by atoms with van der Waals surface area (Å²) in [6.07, 6.45) is 7.85. The molecule has 0 amide bonds. The average Bonchev–Trinajstić information content (AvgIpc) is 3.44. The fraction of sp³-hybridized carbons (Fsp3) is 0.769. The molecule has 0 heterocycles. The van der Waals surface area contributed by atoms with Crippen molar-refractivity contribution < 1.29 is 19.1 Å². The Morgan fingerprint density at radius 3 is 2.48 bits per heavy atom. The molecular weight excluding hydrogens is 412 g/mol. The highest BCUT2D eigenvalue weighted by molar-refractivity contribution is 6.30. The largest absolute Gasteiger partial charge is 0.498 e. The third kappa shape index (κ3) is 2.66. The quantitative estimate of drug-likeness (QED) is 0.512. The van der Waals surface area contributed by atoms with Crippen LogP contribution in [0.2, 0.25) is 0 Å². The molecule has 0 bridgehead atoms. The molecule has 0 N–H and O–H groups in total. The number of esters is 1. The number of allylic oxidation sites excluding steroid dienone is 4. The molecule has 2 unspecified atom stereocenters. The highest BCUT2D eigenvalue weighted by atomic mass is 35.5. The van der Waals surface area contributed by atoms with Gasteiger partial charge in [-0.15, -0.1) is 0 Å². The Bertz CT molecular complexity index is 905. The maximum Gasteiger partial charge on any atom is 0.303 e. The van der Waals surface area contributed by atoms with Crippen LogP contribution in [0.3, 0.4) is 0 Å². The van der Waals surface area contributed by atoms with Gasteiger partial charge >= 0.3 is 5.97 Å². The number of ketones is 1. The van der Waals surface area contributed by atoms with Crippen molar-refractivity contribution in [1.82, 2.24) is 0 Å². The first-order chi connectivity index (χ1) is 14.6. The van der Waals surface area contributed by atoms with E-state index in [-0.39, 0.29) is 22.6 Å². The zero-order chi connectivity index (χ0) is 22.3. The number of ether oxygens (including phenoxy) is 2. The second-order valence-corrected chi connectivity index (χ2v) is 11.5. The van der Waals surface area contributed by atoms with E-state index < -0.39 is 5.60 Å². The molecule has 0 spiro atoms. The normalized spacial score (nSPS) is 47.4. The van der Waals surface area contributed by atoms with Crippen LogP contribution in [0.1, 0.15) is 73.1 Å². The lowest BCUT2D eigenvalue weighted by Crippen LogP contribution is -2.58. The van der Waals surface area contributed by atoms with Crippen molar-refractivity contribution in [2.75, 3.05) is 6.61 Å². The highest BCUT2D eigenvalue weighted by Crippen LogP contribution is 2.73. The molecule has 0 radical (unpaired) electrons. The van der Waals surface area contributed by atoms with Gasteiger partial charge in [0, 0.05) is 28.7 Å². The monoisotopic (exact) mass is 446 g/mol. The van der Waals surface area contributed by atoms with Crippen LogP contribution < -0.4 is 0 Å². The Labute approximate surface area is 190 Å². The molecule has 0 aromatic rings. The minimum Gasteiger partial charge on any atom is -0.498 e. The van der Waals surface area contributed by atoms with Gasteiger partial charge in [-0.1, -0.05) is 25.4 Å². The zero-order valence-electron chi connectivity index (χ0n) is 19.4. The molecule has 170 valence electrons. The standard InChI is InChI=1S/C26H35ClO4/c1-6-30-23-13-21-22(27)12-16-18-8-10-26(14(2)28,31-15(3)29)24(18,4)9-7-19(16)25(21,5)20-11-17(20)23/h13,16-20H,6-12H2,1-5H3/t16-,17?,18-,19+,20?,24-,25+,26+/m0/s1. The van der Waals surface area contributed by atoms with Gasteiger partial charge in [0.05, 0.1) is 12.4 Å². The first-order valence-corrected chi connectivity index (χ1v) is 12.4. The molecule has 8 atom stereocenters. The molecule has 5 heteroatoms. The predicted octanol–water partition coefficient (Wildman–Crippen LogP) is 5.79. The number of rotatable bonds is 4. The van der Waals surface area contributed by atoms with E-state index in [0.717, 1.165) is 36.5 Å². The Balaban J connectivity index is 1.55. The molecule has 3 fully saturated rings. The van der Waals surface area contributed by atoms with Crippen LogP contribution in [0.4, 0.5) is 0 Å². The van der Waals surface area contributed by atoms with Gasteiger partial charge in [-0.2, -0.15) is 0 Å². The molecule has 0 saturated heterocycles. The van der Waals surface area contributed by atoms with Crippen LogP contribution >= 0.6 is 11.6 Å². The minimum absolute atomic E-state index is 0.000267. The molecule has 0 aromatic carbocycles. The Morgan fingerprint density at radius 1 is 1.13 bits per heavy atom.